The molecule has 3 aliphatic heterocycles. The average molecular weight is 1210 g/mol. The van der Waals surface area contributed by atoms with Gasteiger partial charge in [0.1, 0.15) is 6.61 Å². The number of anilines is 1. The number of esters is 1. The SMILES string of the molecule is CCCCCCCCCCCc1c2nc(c(CCCCCCCCCCC)c3ccc([nH]3)c(-c3ccc(COC(=O)c4ccc(N5C[C@@H]6[C@H](C5)[C@H](/C=C/c5ccccc5)C[C@@H]6C)cc4)cc3)c3ccc([nH]3)c(CCCCCCCCCCC)c3nc1C=C3)C=C2. The fourth-order valence-corrected chi connectivity index (χ4v) is 15.0. The number of aryl methyl sites for hydroxylation is 2. The van der Waals surface area contributed by atoms with Crippen molar-refractivity contribution in [3.05, 3.63) is 165 Å². The van der Waals surface area contributed by atoms with Crippen LogP contribution in [0.15, 0.2) is 109 Å². The van der Waals surface area contributed by atoms with Crippen molar-refractivity contribution in [3.63, 3.8) is 0 Å². The highest BCUT2D eigenvalue weighted by atomic mass is 16.5. The number of nitrogens with zero attached hydrogens (tertiary/aromatic N) is 3. The number of nitrogens with one attached hydrogen (secondary N) is 2. The highest BCUT2D eigenvalue weighted by Crippen LogP contribution is 2.48. The molecule has 6 heterocycles. The summed E-state index contributed by atoms with van der Waals surface area (Å²) in [6, 6.07) is 36.6. The summed E-state index contributed by atoms with van der Waals surface area (Å²) < 4.78 is 6.05. The molecule has 3 aromatic carbocycles. The van der Waals surface area contributed by atoms with Crippen LogP contribution in [0.3, 0.4) is 0 Å². The lowest BCUT2D eigenvalue weighted by molar-refractivity contribution is 0.0472. The highest BCUT2D eigenvalue weighted by molar-refractivity contribution is 5.95. The molecule has 1 aliphatic carbocycles. The first-order valence-corrected chi connectivity index (χ1v) is 36.3. The van der Waals surface area contributed by atoms with Gasteiger partial charge in [0.25, 0.3) is 0 Å². The number of allylic oxidation sites excluding steroid dienone is 1. The molecule has 4 aliphatic rings. The molecule has 7 heteroatoms. The van der Waals surface area contributed by atoms with Crippen molar-refractivity contribution in [2.45, 2.75) is 233 Å². The van der Waals surface area contributed by atoms with E-state index >= 15 is 0 Å². The van der Waals surface area contributed by atoms with E-state index in [1.54, 1.807) is 0 Å². The maximum absolute atomic E-state index is 13.7. The van der Waals surface area contributed by atoms with Crippen molar-refractivity contribution in [1.82, 2.24) is 19.9 Å². The Labute approximate surface area is 542 Å². The lowest BCUT2D eigenvalue weighted by Crippen LogP contribution is -2.23. The molecule has 2 N–H and O–H groups in total. The number of H-pyrrole nitrogens is 2. The quantitative estimate of drug-likeness (QED) is 0.0299. The third kappa shape index (κ3) is 18.5. The summed E-state index contributed by atoms with van der Waals surface area (Å²) in [5, 5.41) is 0. The van der Waals surface area contributed by atoms with Crippen molar-refractivity contribution in [1.29, 1.82) is 0 Å². The fraction of sp³-hybridized carbons (Fsp3) is 0.506. The van der Waals surface area contributed by atoms with Gasteiger partial charge in [-0.1, -0.05) is 249 Å². The first-order chi connectivity index (χ1) is 44.4. The van der Waals surface area contributed by atoms with Gasteiger partial charge < -0.3 is 19.6 Å². The molecule has 7 nitrogen and oxygen atoms in total. The first-order valence-electron chi connectivity index (χ1n) is 36.3. The van der Waals surface area contributed by atoms with Crippen molar-refractivity contribution in [2.24, 2.45) is 23.7 Å². The maximum atomic E-state index is 13.7. The predicted molar refractivity (Wildman–Crippen MR) is 385 cm³/mol. The van der Waals surface area contributed by atoms with Crippen LogP contribution in [0.5, 0.6) is 0 Å². The van der Waals surface area contributed by atoms with Crippen molar-refractivity contribution >= 4 is 64.1 Å². The van der Waals surface area contributed by atoms with Gasteiger partial charge >= 0.3 is 5.97 Å². The zero-order chi connectivity index (χ0) is 62.1. The molecular formula is C83H109N5O2. The number of rotatable bonds is 37. The van der Waals surface area contributed by atoms with Gasteiger partial charge in [0.15, 0.2) is 0 Å². The van der Waals surface area contributed by atoms with Crippen LogP contribution in [0.4, 0.5) is 5.69 Å². The van der Waals surface area contributed by atoms with Crippen LogP contribution in [-0.4, -0.2) is 39.0 Å². The van der Waals surface area contributed by atoms with Gasteiger partial charge in [0, 0.05) is 63.1 Å². The van der Waals surface area contributed by atoms with Crippen LogP contribution >= 0.6 is 0 Å². The molecule has 0 radical (unpaired) electrons. The van der Waals surface area contributed by atoms with Crippen LogP contribution in [0.2, 0.25) is 0 Å². The van der Waals surface area contributed by atoms with E-state index in [2.05, 4.69) is 170 Å². The lowest BCUT2D eigenvalue weighted by atomic mass is 9.90. The van der Waals surface area contributed by atoms with Gasteiger partial charge in [0.2, 0.25) is 0 Å². The predicted octanol–water partition coefficient (Wildman–Crippen LogP) is 23.3. The molecule has 478 valence electrons. The van der Waals surface area contributed by atoms with Crippen molar-refractivity contribution in [3.8, 4) is 11.1 Å². The molecule has 1 saturated heterocycles. The van der Waals surface area contributed by atoms with Gasteiger partial charge in [0.05, 0.1) is 28.3 Å². The van der Waals surface area contributed by atoms with E-state index in [1.807, 2.05) is 12.1 Å². The number of fused-ring (bicyclic) bond motifs is 9. The van der Waals surface area contributed by atoms with E-state index in [1.165, 1.54) is 188 Å². The van der Waals surface area contributed by atoms with E-state index in [0.717, 1.165) is 113 Å². The number of hydrogen-bond acceptors (Lipinski definition) is 5. The first kappa shape index (κ1) is 66.2. The van der Waals surface area contributed by atoms with Gasteiger partial charge in [-0.05, 0) is 158 Å². The normalized spacial score (nSPS) is 16.9. The number of carbonyl (C=O) groups is 1. The smallest absolute Gasteiger partial charge is 0.338 e. The fourth-order valence-electron chi connectivity index (χ4n) is 15.0. The monoisotopic (exact) mass is 1210 g/mol. The van der Waals surface area contributed by atoms with Crippen LogP contribution in [0.1, 0.15) is 268 Å². The van der Waals surface area contributed by atoms with Gasteiger partial charge in [-0.25, -0.2) is 14.8 Å². The molecule has 6 aromatic rings. The molecular weight excluding hydrogens is 1100 g/mol. The number of aromatic nitrogens is 4. The Kier molecular flexibility index (Phi) is 25.9. The maximum Gasteiger partial charge on any atom is 0.338 e. The Morgan fingerprint density at radius 1 is 0.489 bits per heavy atom. The molecule has 4 atom stereocenters. The molecule has 3 aromatic heterocycles. The summed E-state index contributed by atoms with van der Waals surface area (Å²) in [5.74, 6) is 2.29. The number of unbranched alkanes of at least 4 members (excludes halogenated alkanes) is 24. The van der Waals surface area contributed by atoms with Crippen LogP contribution < -0.4 is 4.90 Å². The Morgan fingerprint density at radius 2 is 0.922 bits per heavy atom. The third-order valence-corrected chi connectivity index (χ3v) is 20.4. The topological polar surface area (TPSA) is 86.9 Å². The van der Waals surface area contributed by atoms with E-state index in [9.17, 15) is 4.79 Å². The molecule has 2 fully saturated rings. The number of ether oxygens (including phenoxy) is 1. The number of carbonyl (C=O) groups excluding carboxylic acids is 1. The minimum atomic E-state index is -0.303. The summed E-state index contributed by atoms with van der Waals surface area (Å²) in [4.78, 5) is 35.5. The molecule has 10 rings (SSSR count). The van der Waals surface area contributed by atoms with Crippen molar-refractivity contribution in [2.75, 3.05) is 18.0 Å². The van der Waals surface area contributed by atoms with Gasteiger partial charge in [-0.15, -0.1) is 0 Å². The average Bonchev–Trinajstić information content (AvgIpc) is 1.68. The molecule has 0 amide bonds. The highest BCUT2D eigenvalue weighted by Gasteiger charge is 2.45. The molecule has 1 saturated carbocycles. The number of benzene rings is 3. The Balaban J connectivity index is 0.914. The summed E-state index contributed by atoms with van der Waals surface area (Å²) in [6.45, 7) is 11.6. The number of aromatic amines is 2. The summed E-state index contributed by atoms with van der Waals surface area (Å²) in [5.41, 5.74) is 18.7. The van der Waals surface area contributed by atoms with Crippen LogP contribution in [-0.2, 0) is 30.6 Å². The summed E-state index contributed by atoms with van der Waals surface area (Å²) >= 11 is 0. The van der Waals surface area contributed by atoms with Crippen molar-refractivity contribution < 1.29 is 9.53 Å². The Bertz CT molecular complexity index is 3310. The lowest BCUT2D eigenvalue weighted by Gasteiger charge is -2.22. The standard InChI is InChI=1S/C83H109N5O2/c1-5-8-11-14-17-20-23-26-32-37-69-74-50-52-76(84-74)70(38-33-27-24-21-18-15-12-9-6-2)78-54-56-80(86-78)82(81-57-55-79(87-81)71(77-53-51-75(69)85-77)39-34-28-25-22-19-16-13-10-7-3)65-43-41-64(42-44-65)61-90-83(89)66-46-48-68(49-47-66)88-59-72-62(4)58-67(73(72)60-88)45-40-63-35-30-29-31-36-63/h29-31,35-36,40-57,62,67,72-73,86-87H,5-28,32-34,37-39,58-61H2,1-4H3/b45-40+,74-69?,75-69?,76-70?,77-71?,78-70?,79-71?,82-80?,82-81?/t62-,67+,72-,73+/m0/s1. The molecule has 0 spiro atoms. The van der Waals surface area contributed by atoms with Crippen LogP contribution in [0, 0.1) is 23.7 Å². The van der Waals surface area contributed by atoms with E-state index in [0.29, 0.717) is 29.2 Å². The second-order valence-corrected chi connectivity index (χ2v) is 27.2. The number of hydrogen-bond donors (Lipinski definition) is 2. The minimum Gasteiger partial charge on any atom is -0.457 e. The second kappa shape index (κ2) is 35.2. The molecule has 8 bridgehead atoms. The molecule has 0 unspecified atom stereocenters. The molecule has 90 heavy (non-hydrogen) atoms. The van der Waals surface area contributed by atoms with E-state index < -0.39 is 0 Å². The van der Waals surface area contributed by atoms with Crippen LogP contribution in [0.25, 0.3) is 63.6 Å². The minimum absolute atomic E-state index is 0.191. The zero-order valence-corrected chi connectivity index (χ0v) is 55.8. The Hall–Kier alpha value is -6.73. The van der Waals surface area contributed by atoms with E-state index in [4.69, 9.17) is 14.7 Å². The third-order valence-electron chi connectivity index (χ3n) is 20.4. The van der Waals surface area contributed by atoms with Gasteiger partial charge in [-0.3, -0.25) is 0 Å². The van der Waals surface area contributed by atoms with E-state index in [-0.39, 0.29) is 12.6 Å². The zero-order valence-electron chi connectivity index (χ0n) is 55.8. The Morgan fingerprint density at radius 3 is 1.41 bits per heavy atom. The van der Waals surface area contributed by atoms with Gasteiger partial charge in [-0.2, -0.15) is 0 Å². The second-order valence-electron chi connectivity index (χ2n) is 27.2. The largest absolute Gasteiger partial charge is 0.457 e. The summed E-state index contributed by atoms with van der Waals surface area (Å²) in [6.07, 6.45) is 53.1. The summed E-state index contributed by atoms with van der Waals surface area (Å²) in [7, 11) is 0.